The highest BCUT2D eigenvalue weighted by molar-refractivity contribution is 5.77. The van der Waals surface area contributed by atoms with E-state index in [1.165, 1.54) is 12.8 Å². The van der Waals surface area contributed by atoms with E-state index in [-0.39, 0.29) is 18.0 Å². The van der Waals surface area contributed by atoms with Crippen LogP contribution in [-0.4, -0.2) is 52.2 Å². The van der Waals surface area contributed by atoms with E-state index in [4.69, 9.17) is 0 Å². The first-order valence-electron chi connectivity index (χ1n) is 6.76. The Bertz CT molecular complexity index is 467. The van der Waals surface area contributed by atoms with Gasteiger partial charge in [-0.15, -0.1) is 0 Å². The van der Waals surface area contributed by atoms with Crippen molar-refractivity contribution in [1.82, 2.24) is 25.4 Å². The van der Waals surface area contributed by atoms with Crippen LogP contribution in [0, 0.1) is 5.92 Å². The average molecular weight is 267 g/mol. The van der Waals surface area contributed by atoms with Gasteiger partial charge in [0.15, 0.2) is 0 Å². The molecule has 1 saturated heterocycles. The molecule has 0 radical (unpaired) electrons. The van der Waals surface area contributed by atoms with Crippen LogP contribution in [0.1, 0.15) is 25.6 Å². The normalized spacial score (nSPS) is 20.4. The highest BCUT2D eigenvalue weighted by Gasteiger charge is 2.15. The van der Waals surface area contributed by atoms with Crippen molar-refractivity contribution in [3.05, 3.63) is 16.3 Å². The van der Waals surface area contributed by atoms with Crippen LogP contribution in [-0.2, 0) is 11.2 Å². The topological polar surface area (TPSA) is 93.9 Å². The smallest absolute Gasteiger partial charge is 0.340 e. The largest absolute Gasteiger partial charge is 0.354 e. The van der Waals surface area contributed by atoms with Gasteiger partial charge in [-0.25, -0.2) is 9.89 Å². The molecule has 1 aliphatic heterocycles. The van der Waals surface area contributed by atoms with Gasteiger partial charge in [0.1, 0.15) is 5.82 Å². The first kappa shape index (κ1) is 13.8. The second kappa shape index (κ2) is 6.51. The number of nitrogens with one attached hydrogen (secondary N) is 3. The maximum Gasteiger partial charge on any atom is 0.340 e. The predicted molar refractivity (Wildman–Crippen MR) is 70.8 cm³/mol. The minimum atomic E-state index is -0.384. The second-order valence-corrected chi connectivity index (χ2v) is 5.20. The number of carbonyl (C=O) groups excluding carboxylic acids is 1. The molecule has 1 fully saturated rings. The lowest BCUT2D eigenvalue weighted by molar-refractivity contribution is -0.120. The van der Waals surface area contributed by atoms with Crippen LogP contribution in [0.15, 0.2) is 4.79 Å². The van der Waals surface area contributed by atoms with E-state index < -0.39 is 0 Å². The molecular weight excluding hydrogens is 246 g/mol. The summed E-state index contributed by atoms with van der Waals surface area (Å²) in [5, 5.41) is 8.78. The number of amides is 1. The predicted octanol–water partition coefficient (Wildman–Crippen LogP) is -0.511. The lowest BCUT2D eigenvalue weighted by atomic mass is 10.0. The fourth-order valence-corrected chi connectivity index (χ4v) is 2.45. The lowest BCUT2D eigenvalue weighted by Gasteiger charge is -2.30. The van der Waals surface area contributed by atoms with Gasteiger partial charge in [0.25, 0.3) is 0 Å². The molecular formula is C12H21N5O2. The van der Waals surface area contributed by atoms with Gasteiger partial charge < -0.3 is 10.2 Å². The van der Waals surface area contributed by atoms with E-state index in [0.717, 1.165) is 25.6 Å². The third-order valence-electron chi connectivity index (χ3n) is 3.37. The highest BCUT2D eigenvalue weighted by atomic mass is 16.2. The average Bonchev–Trinajstić information content (AvgIpc) is 2.75. The maximum absolute atomic E-state index is 11.6. The standard InChI is InChI=1S/C12H21N5O2/c1-9-3-2-5-17(8-9)6-4-13-11(18)7-10-14-12(19)16-15-10/h9H,2-8H2,1H3,(H,13,18)(H2,14,15,16,19)/t9-/m0/s1. The number of H-pyrrole nitrogens is 2. The molecule has 0 unspecified atom stereocenters. The van der Waals surface area contributed by atoms with Gasteiger partial charge in [-0.3, -0.25) is 9.78 Å². The fourth-order valence-electron chi connectivity index (χ4n) is 2.45. The molecule has 1 amide bonds. The number of aromatic nitrogens is 3. The summed E-state index contributed by atoms with van der Waals surface area (Å²) < 4.78 is 0. The Kier molecular flexibility index (Phi) is 4.73. The summed E-state index contributed by atoms with van der Waals surface area (Å²) in [4.78, 5) is 27.3. The van der Waals surface area contributed by atoms with Gasteiger partial charge >= 0.3 is 5.69 Å². The first-order valence-corrected chi connectivity index (χ1v) is 6.76. The highest BCUT2D eigenvalue weighted by Crippen LogP contribution is 2.14. The number of piperidine rings is 1. The van der Waals surface area contributed by atoms with Crippen LogP contribution < -0.4 is 11.0 Å². The Morgan fingerprint density at radius 3 is 3.11 bits per heavy atom. The van der Waals surface area contributed by atoms with E-state index in [2.05, 4.69) is 32.3 Å². The molecule has 7 heteroatoms. The minimum Gasteiger partial charge on any atom is -0.354 e. The Morgan fingerprint density at radius 1 is 1.58 bits per heavy atom. The number of hydrogen-bond acceptors (Lipinski definition) is 4. The van der Waals surface area contributed by atoms with Gasteiger partial charge in [-0.1, -0.05) is 6.92 Å². The summed E-state index contributed by atoms with van der Waals surface area (Å²) >= 11 is 0. The van der Waals surface area contributed by atoms with E-state index >= 15 is 0 Å². The molecule has 7 nitrogen and oxygen atoms in total. The number of nitrogens with zero attached hydrogens (tertiary/aromatic N) is 2. The quantitative estimate of drug-likeness (QED) is 0.669. The van der Waals surface area contributed by atoms with Crippen molar-refractivity contribution in [2.75, 3.05) is 26.2 Å². The number of rotatable bonds is 5. The third-order valence-corrected chi connectivity index (χ3v) is 3.37. The molecule has 1 atom stereocenters. The monoisotopic (exact) mass is 267 g/mol. The summed E-state index contributed by atoms with van der Waals surface area (Å²) in [7, 11) is 0. The number of carbonyl (C=O) groups is 1. The Hall–Kier alpha value is -1.63. The van der Waals surface area contributed by atoms with E-state index in [0.29, 0.717) is 12.4 Å². The van der Waals surface area contributed by atoms with Gasteiger partial charge in [-0.05, 0) is 25.3 Å². The Balaban J connectivity index is 1.65. The third kappa shape index (κ3) is 4.51. The van der Waals surface area contributed by atoms with Crippen molar-refractivity contribution in [1.29, 1.82) is 0 Å². The number of likely N-dealkylation sites (tertiary alicyclic amines) is 1. The maximum atomic E-state index is 11.6. The fraction of sp³-hybridized carbons (Fsp3) is 0.750. The minimum absolute atomic E-state index is 0.106. The molecule has 0 saturated carbocycles. The van der Waals surface area contributed by atoms with Crippen LogP contribution >= 0.6 is 0 Å². The van der Waals surface area contributed by atoms with Crippen molar-refractivity contribution in [3.63, 3.8) is 0 Å². The first-order chi connectivity index (χ1) is 9.13. The molecule has 19 heavy (non-hydrogen) atoms. The van der Waals surface area contributed by atoms with Gasteiger partial charge in [0.05, 0.1) is 6.42 Å². The zero-order chi connectivity index (χ0) is 13.7. The van der Waals surface area contributed by atoms with Gasteiger partial charge in [-0.2, -0.15) is 5.10 Å². The number of hydrogen-bond donors (Lipinski definition) is 3. The van der Waals surface area contributed by atoms with Crippen LogP contribution in [0.3, 0.4) is 0 Å². The van der Waals surface area contributed by atoms with Crippen molar-refractivity contribution in [2.45, 2.75) is 26.2 Å². The number of aromatic amines is 2. The molecule has 0 spiro atoms. The summed E-state index contributed by atoms with van der Waals surface area (Å²) in [6.45, 7) is 6.02. The zero-order valence-electron chi connectivity index (χ0n) is 11.2. The molecule has 0 bridgehead atoms. The van der Waals surface area contributed by atoms with E-state index in [1.807, 2.05) is 0 Å². The molecule has 1 aromatic heterocycles. The molecule has 106 valence electrons. The van der Waals surface area contributed by atoms with Gasteiger partial charge in [0, 0.05) is 19.6 Å². The molecule has 2 heterocycles. The zero-order valence-corrected chi connectivity index (χ0v) is 11.2. The second-order valence-electron chi connectivity index (χ2n) is 5.20. The van der Waals surface area contributed by atoms with Crippen molar-refractivity contribution >= 4 is 5.91 Å². The van der Waals surface area contributed by atoms with Crippen LogP contribution in [0.2, 0.25) is 0 Å². The Labute approximate surface area is 111 Å². The summed E-state index contributed by atoms with van der Waals surface area (Å²) in [5.41, 5.74) is -0.384. The van der Waals surface area contributed by atoms with Crippen molar-refractivity contribution in [2.24, 2.45) is 5.92 Å². The molecule has 0 aliphatic carbocycles. The molecule has 1 aromatic rings. The summed E-state index contributed by atoms with van der Waals surface area (Å²) in [6, 6.07) is 0. The van der Waals surface area contributed by atoms with Crippen molar-refractivity contribution < 1.29 is 4.79 Å². The van der Waals surface area contributed by atoms with E-state index in [9.17, 15) is 9.59 Å². The molecule has 3 N–H and O–H groups in total. The summed E-state index contributed by atoms with van der Waals surface area (Å²) in [6.07, 6.45) is 2.65. The van der Waals surface area contributed by atoms with Crippen LogP contribution in [0.25, 0.3) is 0 Å². The van der Waals surface area contributed by atoms with Gasteiger partial charge in [0.2, 0.25) is 5.91 Å². The van der Waals surface area contributed by atoms with Crippen molar-refractivity contribution in [3.8, 4) is 0 Å². The lowest BCUT2D eigenvalue weighted by Crippen LogP contribution is -2.40. The van der Waals surface area contributed by atoms with Crippen LogP contribution in [0.4, 0.5) is 0 Å². The van der Waals surface area contributed by atoms with Crippen LogP contribution in [0.5, 0.6) is 0 Å². The Morgan fingerprint density at radius 2 is 2.42 bits per heavy atom. The molecule has 0 aromatic carbocycles. The SMILES string of the molecule is C[C@H]1CCCN(CCNC(=O)Cc2n[nH]c(=O)[nH]2)C1. The summed E-state index contributed by atoms with van der Waals surface area (Å²) in [5.74, 6) is 1.00. The van der Waals surface area contributed by atoms with E-state index in [1.54, 1.807) is 0 Å². The molecule has 2 rings (SSSR count). The molecule has 1 aliphatic rings.